The van der Waals surface area contributed by atoms with Crippen molar-refractivity contribution in [1.29, 1.82) is 0 Å². The van der Waals surface area contributed by atoms with E-state index in [0.29, 0.717) is 0 Å². The summed E-state index contributed by atoms with van der Waals surface area (Å²) in [5.74, 6) is 0. The van der Waals surface area contributed by atoms with Crippen LogP contribution in [0.3, 0.4) is 0 Å². The lowest BCUT2D eigenvalue weighted by Crippen LogP contribution is -2.46. The zero-order chi connectivity index (χ0) is 11.9. The van der Waals surface area contributed by atoms with Crippen molar-refractivity contribution in [3.05, 3.63) is 10.4 Å². The van der Waals surface area contributed by atoms with Gasteiger partial charge in [0.25, 0.3) is 0 Å². The lowest BCUT2D eigenvalue weighted by molar-refractivity contribution is -0.847. The van der Waals surface area contributed by atoms with Gasteiger partial charge in [0.05, 0.1) is 12.8 Å². The van der Waals surface area contributed by atoms with Crippen LogP contribution in [0.1, 0.15) is 26.7 Å². The third-order valence-corrected chi connectivity index (χ3v) is 2.16. The van der Waals surface area contributed by atoms with E-state index >= 15 is 0 Å². The van der Waals surface area contributed by atoms with Gasteiger partial charge in [-0.25, -0.2) is 0 Å². The summed E-state index contributed by atoms with van der Waals surface area (Å²) in [6.07, 6.45) is 0.465. The summed E-state index contributed by atoms with van der Waals surface area (Å²) in [7, 11) is 2.45. The van der Waals surface area contributed by atoms with E-state index in [0.717, 1.165) is 0 Å². The van der Waals surface area contributed by atoms with Crippen LogP contribution >= 0.6 is 0 Å². The highest BCUT2D eigenvalue weighted by atomic mass is 16.7. The average molecular weight is 220 g/mol. The first kappa shape index (κ1) is 13.4. The summed E-state index contributed by atoms with van der Waals surface area (Å²) in [5.41, 5.74) is -1.42. The average Bonchev–Trinajstić information content (AvgIpc) is 2.21. The van der Waals surface area contributed by atoms with Gasteiger partial charge in [0.2, 0.25) is 10.6 Å². The van der Waals surface area contributed by atoms with Crippen LogP contribution < -0.4 is 0 Å². The van der Waals surface area contributed by atoms with E-state index in [1.54, 1.807) is 13.8 Å². The Balaban J connectivity index is 5.21. The molecular formula is C7H16N4O4. The van der Waals surface area contributed by atoms with E-state index in [2.05, 4.69) is 20.2 Å². The van der Waals surface area contributed by atoms with Gasteiger partial charge in [-0.15, -0.1) is 0 Å². The van der Waals surface area contributed by atoms with Gasteiger partial charge in [-0.2, -0.15) is 0 Å². The van der Waals surface area contributed by atoms with Crippen molar-refractivity contribution in [3.63, 3.8) is 0 Å². The molecule has 8 heteroatoms. The molecule has 0 bridgehead atoms. The minimum absolute atomic E-state index is 0.197. The molecule has 0 aliphatic rings. The van der Waals surface area contributed by atoms with Crippen molar-refractivity contribution in [2.45, 2.75) is 32.4 Å². The second-order valence-electron chi connectivity index (χ2n) is 2.76. The lowest BCUT2D eigenvalue weighted by Gasteiger charge is -2.20. The third kappa shape index (κ3) is 2.67. The van der Waals surface area contributed by atoms with Crippen LogP contribution in [-0.2, 0) is 9.68 Å². The molecule has 0 aromatic carbocycles. The first-order chi connectivity index (χ1) is 7.08. The molecule has 0 atom stereocenters. The second kappa shape index (κ2) is 5.99. The minimum atomic E-state index is -1.42. The molecule has 15 heavy (non-hydrogen) atoms. The van der Waals surface area contributed by atoms with Crippen LogP contribution in [0.4, 0.5) is 0 Å². The third-order valence-electron chi connectivity index (χ3n) is 2.16. The SMILES string of the molecule is CCC(CC)([N+]([O-])=NOC)[N+]([O-])=NOC. The minimum Gasteiger partial charge on any atom is -0.592 e. The Labute approximate surface area is 87.9 Å². The highest BCUT2D eigenvalue weighted by molar-refractivity contribution is 4.60. The molecule has 0 heterocycles. The van der Waals surface area contributed by atoms with Gasteiger partial charge in [0, 0.05) is 9.72 Å². The molecule has 0 unspecified atom stereocenters. The summed E-state index contributed by atoms with van der Waals surface area (Å²) >= 11 is 0. The predicted molar refractivity (Wildman–Crippen MR) is 49.4 cm³/mol. The van der Waals surface area contributed by atoms with Crippen molar-refractivity contribution in [3.8, 4) is 0 Å². The molecule has 0 aliphatic heterocycles. The maximum atomic E-state index is 11.5. The standard InChI is InChI=1S/C7H16N4O4/c1-5-7(6-2,10(12)8-14-3)11(13)9-15-4/h5-6H2,1-4H3. The van der Waals surface area contributed by atoms with Crippen LogP contribution in [0.15, 0.2) is 10.6 Å². The van der Waals surface area contributed by atoms with Crippen molar-refractivity contribution < 1.29 is 19.4 Å². The molecule has 0 amide bonds. The Morgan fingerprint density at radius 2 is 1.33 bits per heavy atom. The summed E-state index contributed by atoms with van der Waals surface area (Å²) < 4.78 is 0. The number of hydrogen-bond donors (Lipinski definition) is 0. The molecule has 8 nitrogen and oxygen atoms in total. The maximum Gasteiger partial charge on any atom is 0.423 e. The van der Waals surface area contributed by atoms with Crippen molar-refractivity contribution >= 4 is 0 Å². The van der Waals surface area contributed by atoms with Crippen LogP contribution in [0.5, 0.6) is 0 Å². The highest BCUT2D eigenvalue weighted by Gasteiger charge is 2.49. The summed E-state index contributed by atoms with van der Waals surface area (Å²) in [6.45, 7) is 3.35. The van der Waals surface area contributed by atoms with E-state index in [1.807, 2.05) is 0 Å². The van der Waals surface area contributed by atoms with Crippen LogP contribution in [0, 0.1) is 10.4 Å². The molecule has 0 N–H and O–H groups in total. The monoisotopic (exact) mass is 220 g/mol. The molecule has 0 aromatic rings. The molecule has 0 fully saturated rings. The number of rotatable bonds is 6. The normalized spacial score (nSPS) is 13.9. The second-order valence-corrected chi connectivity index (χ2v) is 2.76. The fraction of sp³-hybridized carbons (Fsp3) is 1.00. The zero-order valence-corrected chi connectivity index (χ0v) is 9.34. The highest BCUT2D eigenvalue weighted by Crippen LogP contribution is 2.21. The topological polar surface area (TPSA) is 95.3 Å². The Morgan fingerprint density at radius 3 is 1.53 bits per heavy atom. The molecule has 0 rings (SSSR count). The van der Waals surface area contributed by atoms with Gasteiger partial charge in [-0.05, 0) is 0 Å². The van der Waals surface area contributed by atoms with Crippen LogP contribution in [0.2, 0.25) is 0 Å². The molecule has 0 aliphatic carbocycles. The Morgan fingerprint density at radius 1 is 1.00 bits per heavy atom. The van der Waals surface area contributed by atoms with Gasteiger partial charge in [-0.3, -0.25) is 0 Å². The van der Waals surface area contributed by atoms with Gasteiger partial charge < -0.3 is 20.1 Å². The molecule has 0 spiro atoms. The smallest absolute Gasteiger partial charge is 0.423 e. The maximum absolute atomic E-state index is 11.5. The first-order valence-electron chi connectivity index (χ1n) is 4.52. The van der Waals surface area contributed by atoms with Crippen molar-refractivity contribution in [2.75, 3.05) is 14.2 Å². The Hall–Kier alpha value is -1.60. The van der Waals surface area contributed by atoms with Crippen LogP contribution in [-0.4, -0.2) is 29.6 Å². The van der Waals surface area contributed by atoms with Crippen molar-refractivity contribution in [1.82, 2.24) is 0 Å². The zero-order valence-electron chi connectivity index (χ0n) is 9.34. The predicted octanol–water partition coefficient (Wildman–Crippen LogP) is 1.55. The van der Waals surface area contributed by atoms with E-state index in [4.69, 9.17) is 0 Å². The fourth-order valence-electron chi connectivity index (χ4n) is 1.16. The van der Waals surface area contributed by atoms with Gasteiger partial charge in [0.1, 0.15) is 14.2 Å². The van der Waals surface area contributed by atoms with Crippen molar-refractivity contribution in [2.24, 2.45) is 10.6 Å². The number of nitrogens with zero attached hydrogens (tertiary/aromatic N) is 4. The fourth-order valence-corrected chi connectivity index (χ4v) is 1.16. The molecule has 0 radical (unpaired) electrons. The number of hydrogen-bond acceptors (Lipinski definition) is 6. The number of hydroxylamine groups is 2. The lowest BCUT2D eigenvalue weighted by atomic mass is 10.1. The van der Waals surface area contributed by atoms with E-state index in [-0.39, 0.29) is 22.6 Å². The Bertz CT molecular complexity index is 227. The molecule has 0 saturated carbocycles. The summed E-state index contributed by atoms with van der Waals surface area (Å²) in [6, 6.07) is 0. The van der Waals surface area contributed by atoms with E-state index in [9.17, 15) is 10.4 Å². The Kier molecular flexibility index (Phi) is 5.35. The molecule has 0 aromatic heterocycles. The van der Waals surface area contributed by atoms with E-state index < -0.39 is 5.66 Å². The first-order valence-corrected chi connectivity index (χ1v) is 4.52. The molecular weight excluding hydrogens is 204 g/mol. The molecule has 0 saturated heterocycles. The van der Waals surface area contributed by atoms with E-state index in [1.165, 1.54) is 14.2 Å². The molecule has 88 valence electrons. The van der Waals surface area contributed by atoms with Crippen LogP contribution in [0.25, 0.3) is 0 Å². The van der Waals surface area contributed by atoms with Gasteiger partial charge >= 0.3 is 5.66 Å². The summed E-state index contributed by atoms with van der Waals surface area (Å²) in [4.78, 5) is 9.06. The largest absolute Gasteiger partial charge is 0.592 e. The van der Waals surface area contributed by atoms with Gasteiger partial charge in [-0.1, -0.05) is 13.8 Å². The quantitative estimate of drug-likeness (QED) is 0.293. The van der Waals surface area contributed by atoms with Gasteiger partial charge in [0.15, 0.2) is 0 Å². The summed E-state index contributed by atoms with van der Waals surface area (Å²) in [5, 5.41) is 29.3.